The van der Waals surface area contributed by atoms with Crippen molar-refractivity contribution >= 4 is 0 Å². The summed E-state index contributed by atoms with van der Waals surface area (Å²) in [5.41, 5.74) is 0. The van der Waals surface area contributed by atoms with Crippen molar-refractivity contribution < 1.29 is 5.11 Å². The first-order valence-corrected chi connectivity index (χ1v) is 3.92. The summed E-state index contributed by atoms with van der Waals surface area (Å²) in [7, 11) is 0. The fraction of sp³-hybridized carbons (Fsp3) is 1.00. The zero-order chi connectivity index (χ0) is 6.85. The third kappa shape index (κ3) is 1.45. The van der Waals surface area contributed by atoms with Crippen LogP contribution >= 0.6 is 0 Å². The van der Waals surface area contributed by atoms with E-state index in [-0.39, 0.29) is 6.10 Å². The fourth-order valence-electron chi connectivity index (χ4n) is 1.43. The highest BCUT2D eigenvalue weighted by atomic mass is 16.3. The van der Waals surface area contributed by atoms with Crippen LogP contribution in [0.1, 0.15) is 33.1 Å². The number of aliphatic hydroxyl groups excluding tert-OH is 1. The van der Waals surface area contributed by atoms with E-state index in [0.29, 0.717) is 0 Å². The maximum Gasteiger partial charge on any atom is 0.0545 e. The Morgan fingerprint density at radius 3 is 2.44 bits per heavy atom. The third-order valence-electron chi connectivity index (χ3n) is 2.60. The van der Waals surface area contributed by atoms with E-state index in [1.54, 1.807) is 0 Å². The van der Waals surface area contributed by atoms with Crippen LogP contribution in [0.3, 0.4) is 0 Å². The van der Waals surface area contributed by atoms with Gasteiger partial charge in [-0.15, -0.1) is 0 Å². The summed E-state index contributed by atoms with van der Waals surface area (Å²) >= 11 is 0. The lowest BCUT2D eigenvalue weighted by atomic mass is 9.74. The third-order valence-corrected chi connectivity index (χ3v) is 2.60. The van der Waals surface area contributed by atoms with Gasteiger partial charge in [0.25, 0.3) is 0 Å². The average molecular weight is 128 g/mol. The van der Waals surface area contributed by atoms with Crippen LogP contribution in [0.5, 0.6) is 0 Å². The van der Waals surface area contributed by atoms with Gasteiger partial charge in [0.15, 0.2) is 0 Å². The Bertz CT molecular complexity index is 84.6. The fourth-order valence-corrected chi connectivity index (χ4v) is 1.43. The van der Waals surface area contributed by atoms with Gasteiger partial charge in [0.2, 0.25) is 0 Å². The second kappa shape index (κ2) is 2.70. The van der Waals surface area contributed by atoms with Crippen LogP contribution in [-0.2, 0) is 0 Å². The highest BCUT2D eigenvalue weighted by Gasteiger charge is 2.30. The molecule has 0 spiro atoms. The van der Waals surface area contributed by atoms with Gasteiger partial charge >= 0.3 is 0 Å². The van der Waals surface area contributed by atoms with Crippen molar-refractivity contribution in [3.05, 3.63) is 0 Å². The zero-order valence-electron chi connectivity index (χ0n) is 6.30. The Kier molecular flexibility index (Phi) is 2.12. The molecular formula is C8H16O. The Morgan fingerprint density at radius 2 is 2.11 bits per heavy atom. The minimum absolute atomic E-state index is 0.0315. The molecule has 54 valence electrons. The molecule has 1 atom stereocenters. The number of hydrogen-bond acceptors (Lipinski definition) is 1. The van der Waals surface area contributed by atoms with Crippen molar-refractivity contribution in [2.75, 3.05) is 0 Å². The number of hydrogen-bond donors (Lipinski definition) is 1. The topological polar surface area (TPSA) is 20.2 Å². The van der Waals surface area contributed by atoms with E-state index in [4.69, 9.17) is 5.11 Å². The van der Waals surface area contributed by atoms with E-state index >= 15 is 0 Å². The quantitative estimate of drug-likeness (QED) is 0.601. The van der Waals surface area contributed by atoms with Crippen LogP contribution in [0.2, 0.25) is 0 Å². The lowest BCUT2D eigenvalue weighted by molar-refractivity contribution is 0.0173. The first-order chi connectivity index (χ1) is 4.24. The predicted octanol–water partition coefficient (Wildman–Crippen LogP) is 1.80. The molecule has 1 heteroatoms. The summed E-state index contributed by atoms with van der Waals surface area (Å²) in [6, 6.07) is 0. The van der Waals surface area contributed by atoms with E-state index in [0.717, 1.165) is 24.7 Å². The molecule has 1 unspecified atom stereocenters. The van der Waals surface area contributed by atoms with Crippen molar-refractivity contribution in [2.24, 2.45) is 11.8 Å². The van der Waals surface area contributed by atoms with Crippen molar-refractivity contribution in [1.82, 2.24) is 0 Å². The summed E-state index contributed by atoms with van der Waals surface area (Å²) < 4.78 is 0. The Morgan fingerprint density at radius 1 is 1.56 bits per heavy atom. The lowest BCUT2D eigenvalue weighted by Crippen LogP contribution is -2.32. The minimum atomic E-state index is 0.0315. The number of rotatable bonds is 2. The smallest absolute Gasteiger partial charge is 0.0545 e. The Balaban J connectivity index is 2.15. The maximum absolute atomic E-state index is 8.96. The van der Waals surface area contributed by atoms with Crippen LogP contribution in [0.25, 0.3) is 0 Å². The maximum atomic E-state index is 8.96. The molecular weight excluding hydrogens is 112 g/mol. The summed E-state index contributed by atoms with van der Waals surface area (Å²) in [6.45, 7) is 4.49. The Labute approximate surface area is 57.1 Å². The molecule has 0 aromatic carbocycles. The highest BCUT2D eigenvalue weighted by molar-refractivity contribution is 4.81. The van der Waals surface area contributed by atoms with Gasteiger partial charge in [-0.05, 0) is 24.7 Å². The largest absolute Gasteiger partial charge is 0.393 e. The van der Waals surface area contributed by atoms with Gasteiger partial charge in [-0.25, -0.2) is 0 Å². The molecule has 0 radical (unpaired) electrons. The molecule has 1 rings (SSSR count). The molecule has 0 aromatic heterocycles. The molecule has 1 N–H and O–H groups in total. The molecule has 0 amide bonds. The predicted molar refractivity (Wildman–Crippen MR) is 38.2 cm³/mol. The van der Waals surface area contributed by atoms with Crippen LogP contribution in [0.4, 0.5) is 0 Å². The molecule has 1 nitrogen and oxygen atoms in total. The summed E-state index contributed by atoms with van der Waals surface area (Å²) in [5, 5.41) is 8.96. The molecule has 0 saturated heterocycles. The molecule has 0 bridgehead atoms. The summed E-state index contributed by atoms with van der Waals surface area (Å²) in [6.07, 6.45) is 3.39. The second-order valence-electron chi connectivity index (χ2n) is 3.27. The van der Waals surface area contributed by atoms with E-state index < -0.39 is 0 Å². The van der Waals surface area contributed by atoms with Crippen molar-refractivity contribution in [3.63, 3.8) is 0 Å². The minimum Gasteiger partial charge on any atom is -0.393 e. The lowest BCUT2D eigenvalue weighted by Gasteiger charge is -2.35. The van der Waals surface area contributed by atoms with E-state index in [9.17, 15) is 0 Å². The summed E-state index contributed by atoms with van der Waals surface area (Å²) in [5.74, 6) is 1.65. The van der Waals surface area contributed by atoms with Crippen LogP contribution in [-0.4, -0.2) is 11.2 Å². The van der Waals surface area contributed by atoms with Crippen molar-refractivity contribution in [1.29, 1.82) is 0 Å². The monoisotopic (exact) mass is 128 g/mol. The zero-order valence-corrected chi connectivity index (χ0v) is 6.30. The van der Waals surface area contributed by atoms with Gasteiger partial charge in [-0.1, -0.05) is 20.3 Å². The van der Waals surface area contributed by atoms with E-state index in [2.05, 4.69) is 13.8 Å². The second-order valence-corrected chi connectivity index (χ2v) is 3.27. The van der Waals surface area contributed by atoms with Gasteiger partial charge < -0.3 is 5.11 Å². The van der Waals surface area contributed by atoms with Gasteiger partial charge in [-0.2, -0.15) is 0 Å². The first kappa shape index (κ1) is 7.07. The number of aliphatic hydroxyl groups is 1. The van der Waals surface area contributed by atoms with Crippen LogP contribution < -0.4 is 0 Å². The SMILES string of the molecule is CCC(C)[C@H]1C[C@H](O)C1. The van der Waals surface area contributed by atoms with E-state index in [1.165, 1.54) is 6.42 Å². The van der Waals surface area contributed by atoms with Crippen LogP contribution in [0, 0.1) is 11.8 Å². The summed E-state index contributed by atoms with van der Waals surface area (Å²) in [4.78, 5) is 0. The molecule has 9 heavy (non-hydrogen) atoms. The van der Waals surface area contributed by atoms with Gasteiger partial charge in [-0.3, -0.25) is 0 Å². The molecule has 0 aliphatic heterocycles. The first-order valence-electron chi connectivity index (χ1n) is 3.92. The van der Waals surface area contributed by atoms with Crippen LogP contribution in [0.15, 0.2) is 0 Å². The van der Waals surface area contributed by atoms with E-state index in [1.807, 2.05) is 0 Å². The molecule has 0 heterocycles. The molecule has 1 saturated carbocycles. The molecule has 1 aliphatic rings. The molecule has 0 aromatic rings. The van der Waals surface area contributed by atoms with Crippen molar-refractivity contribution in [2.45, 2.75) is 39.2 Å². The van der Waals surface area contributed by atoms with Gasteiger partial charge in [0.1, 0.15) is 0 Å². The molecule has 1 aliphatic carbocycles. The highest BCUT2D eigenvalue weighted by Crippen LogP contribution is 2.34. The Hall–Kier alpha value is -0.0400. The normalized spacial score (nSPS) is 37.7. The average Bonchev–Trinajstić information content (AvgIpc) is 1.79. The molecule has 1 fully saturated rings. The van der Waals surface area contributed by atoms with Crippen molar-refractivity contribution in [3.8, 4) is 0 Å². The van der Waals surface area contributed by atoms with Gasteiger partial charge in [0.05, 0.1) is 6.10 Å². The van der Waals surface area contributed by atoms with Gasteiger partial charge in [0, 0.05) is 0 Å². The standard InChI is InChI=1S/C8H16O/c1-3-6(2)7-4-8(9)5-7/h6-9H,3-5H2,1-2H3/t6?,7-,8-.